The topological polar surface area (TPSA) is 73.3 Å². The zero-order valence-corrected chi connectivity index (χ0v) is 16.0. The van der Waals surface area contributed by atoms with Crippen molar-refractivity contribution in [3.8, 4) is 16.7 Å². The van der Waals surface area contributed by atoms with Gasteiger partial charge in [0, 0.05) is 17.1 Å². The number of benzene rings is 2. The summed E-state index contributed by atoms with van der Waals surface area (Å²) in [5.41, 5.74) is 1.30. The summed E-state index contributed by atoms with van der Waals surface area (Å²) < 4.78 is 12.1. The fraction of sp³-hybridized carbons (Fsp3) is 0.105. The fourth-order valence-electron chi connectivity index (χ4n) is 2.45. The van der Waals surface area contributed by atoms with Gasteiger partial charge in [0.2, 0.25) is 0 Å². The van der Waals surface area contributed by atoms with Crippen molar-refractivity contribution < 1.29 is 14.3 Å². The highest BCUT2D eigenvalue weighted by Crippen LogP contribution is 2.30. The molecule has 2 heterocycles. The number of hydrogen-bond acceptors (Lipinski definition) is 7. The first-order chi connectivity index (χ1) is 13.2. The average Bonchev–Trinajstić information content (AvgIpc) is 3.31. The molecule has 136 valence electrons. The first kappa shape index (κ1) is 17.4. The second kappa shape index (κ2) is 7.73. The van der Waals surface area contributed by atoms with Gasteiger partial charge in [0.1, 0.15) is 11.5 Å². The number of ether oxygens (including phenoxy) is 2. The Morgan fingerprint density at radius 2 is 2.11 bits per heavy atom. The van der Waals surface area contributed by atoms with Crippen molar-refractivity contribution in [2.45, 2.75) is 6.92 Å². The molecule has 2 aromatic heterocycles. The van der Waals surface area contributed by atoms with Crippen LogP contribution in [0.3, 0.4) is 0 Å². The van der Waals surface area contributed by atoms with E-state index in [1.54, 1.807) is 30.5 Å². The van der Waals surface area contributed by atoms with Gasteiger partial charge in [0.05, 0.1) is 16.8 Å². The van der Waals surface area contributed by atoms with Crippen molar-refractivity contribution in [2.75, 3.05) is 11.9 Å². The van der Waals surface area contributed by atoms with Crippen LogP contribution in [0.4, 0.5) is 5.13 Å². The number of rotatable bonds is 6. The molecule has 4 rings (SSSR count). The summed E-state index contributed by atoms with van der Waals surface area (Å²) in [5, 5.41) is 5.74. The molecule has 2 aromatic carbocycles. The Kier molecular flexibility index (Phi) is 4.99. The molecule has 0 atom stereocenters. The van der Waals surface area contributed by atoms with Crippen LogP contribution >= 0.6 is 22.7 Å². The number of carbonyl (C=O) groups excluding carboxylic acids is 1. The number of amides is 1. The van der Waals surface area contributed by atoms with Gasteiger partial charge < -0.3 is 9.47 Å². The third-order valence-electron chi connectivity index (χ3n) is 3.60. The van der Waals surface area contributed by atoms with Crippen molar-refractivity contribution in [3.05, 3.63) is 59.6 Å². The smallest absolute Gasteiger partial charge is 0.278 e. The Bertz CT molecular complexity index is 1080. The summed E-state index contributed by atoms with van der Waals surface area (Å²) in [6.45, 7) is 2.54. The first-order valence-corrected chi connectivity index (χ1v) is 9.93. The van der Waals surface area contributed by atoms with Crippen molar-refractivity contribution in [2.24, 2.45) is 0 Å². The van der Waals surface area contributed by atoms with Crippen molar-refractivity contribution in [3.63, 3.8) is 0 Å². The second-order valence-corrected chi connectivity index (χ2v) is 7.35. The zero-order chi connectivity index (χ0) is 18.6. The molecule has 0 spiro atoms. The van der Waals surface area contributed by atoms with Crippen LogP contribution in [0.2, 0.25) is 0 Å². The Morgan fingerprint density at radius 1 is 1.19 bits per heavy atom. The molecule has 0 aliphatic rings. The molecule has 1 amide bonds. The minimum absolute atomic E-state index is 0.247. The van der Waals surface area contributed by atoms with Crippen LogP contribution in [0.1, 0.15) is 17.3 Å². The van der Waals surface area contributed by atoms with Gasteiger partial charge in [-0.25, -0.2) is 9.97 Å². The lowest BCUT2D eigenvalue weighted by atomic mass is 10.2. The van der Waals surface area contributed by atoms with E-state index in [1.165, 1.54) is 22.7 Å². The lowest BCUT2D eigenvalue weighted by Crippen LogP contribution is -2.11. The average molecular weight is 397 g/mol. The Morgan fingerprint density at radius 3 is 2.93 bits per heavy atom. The zero-order valence-electron chi connectivity index (χ0n) is 14.3. The van der Waals surface area contributed by atoms with Crippen LogP contribution in [0, 0.1) is 0 Å². The summed E-state index contributed by atoms with van der Waals surface area (Å²) in [7, 11) is 0. The molecule has 27 heavy (non-hydrogen) atoms. The minimum atomic E-state index is -0.247. The highest BCUT2D eigenvalue weighted by Gasteiger charge is 2.12. The summed E-state index contributed by atoms with van der Waals surface area (Å²) >= 11 is 2.79. The van der Waals surface area contributed by atoms with Crippen molar-refractivity contribution >= 4 is 43.9 Å². The number of thiazole rings is 2. The summed E-state index contributed by atoms with van der Waals surface area (Å²) in [6.07, 6.45) is 1.67. The molecule has 0 fully saturated rings. The summed E-state index contributed by atoms with van der Waals surface area (Å²) in [6, 6.07) is 12.6. The van der Waals surface area contributed by atoms with Crippen LogP contribution in [-0.2, 0) is 0 Å². The molecule has 0 saturated carbocycles. The van der Waals surface area contributed by atoms with Crippen LogP contribution in [0.15, 0.2) is 54.0 Å². The van der Waals surface area contributed by atoms with E-state index in [-0.39, 0.29) is 5.91 Å². The van der Waals surface area contributed by atoms with Crippen LogP contribution in [0.5, 0.6) is 16.7 Å². The van der Waals surface area contributed by atoms with Gasteiger partial charge in [0.25, 0.3) is 11.1 Å². The number of nitrogens with zero attached hydrogens (tertiary/aromatic N) is 2. The number of nitrogens with one attached hydrogen (secondary N) is 1. The van der Waals surface area contributed by atoms with Gasteiger partial charge in [-0.1, -0.05) is 28.7 Å². The van der Waals surface area contributed by atoms with Gasteiger partial charge >= 0.3 is 0 Å². The van der Waals surface area contributed by atoms with Gasteiger partial charge in [0.15, 0.2) is 5.13 Å². The van der Waals surface area contributed by atoms with E-state index in [0.29, 0.717) is 28.2 Å². The maximum atomic E-state index is 12.6. The molecule has 0 radical (unpaired) electrons. The monoisotopic (exact) mass is 397 g/mol. The van der Waals surface area contributed by atoms with E-state index in [0.717, 1.165) is 16.0 Å². The standard InChI is InChI=1S/C19H15N3O3S2/c1-2-24-13-6-7-15-16(11-13)27-18(21-15)22-17(23)12-4-3-5-14(10-12)25-19-20-8-9-26-19/h3-11H,2H2,1H3,(H,21,22,23). The number of fused-ring (bicyclic) bond motifs is 1. The molecule has 6 nitrogen and oxygen atoms in total. The third-order valence-corrected chi connectivity index (χ3v) is 5.18. The minimum Gasteiger partial charge on any atom is -0.494 e. The van der Waals surface area contributed by atoms with E-state index in [4.69, 9.17) is 9.47 Å². The predicted octanol–water partition coefficient (Wildman–Crippen LogP) is 5.20. The van der Waals surface area contributed by atoms with E-state index in [9.17, 15) is 4.79 Å². The van der Waals surface area contributed by atoms with Gasteiger partial charge in [-0.3, -0.25) is 10.1 Å². The van der Waals surface area contributed by atoms with Gasteiger partial charge in [-0.05, 0) is 43.3 Å². The molecule has 0 bridgehead atoms. The highest BCUT2D eigenvalue weighted by atomic mass is 32.1. The molecular formula is C19H15N3O3S2. The molecule has 0 aliphatic carbocycles. The van der Waals surface area contributed by atoms with Gasteiger partial charge in [-0.2, -0.15) is 0 Å². The van der Waals surface area contributed by atoms with E-state index in [1.807, 2.05) is 30.5 Å². The number of carbonyl (C=O) groups is 1. The summed E-state index contributed by atoms with van der Waals surface area (Å²) in [5.74, 6) is 1.10. The van der Waals surface area contributed by atoms with Crippen LogP contribution in [0.25, 0.3) is 10.2 Å². The van der Waals surface area contributed by atoms with Crippen LogP contribution in [-0.4, -0.2) is 22.5 Å². The van der Waals surface area contributed by atoms with E-state index in [2.05, 4.69) is 15.3 Å². The SMILES string of the molecule is CCOc1ccc2nc(NC(=O)c3cccc(Oc4nccs4)c3)sc2c1. The molecule has 4 aromatic rings. The summed E-state index contributed by atoms with van der Waals surface area (Å²) in [4.78, 5) is 21.1. The van der Waals surface area contributed by atoms with E-state index < -0.39 is 0 Å². The largest absolute Gasteiger partial charge is 0.494 e. The lowest BCUT2D eigenvalue weighted by Gasteiger charge is -2.05. The fourth-order valence-corrected chi connectivity index (χ4v) is 3.84. The van der Waals surface area contributed by atoms with Crippen LogP contribution < -0.4 is 14.8 Å². The molecule has 1 N–H and O–H groups in total. The quantitative estimate of drug-likeness (QED) is 0.484. The Balaban J connectivity index is 1.51. The predicted molar refractivity (Wildman–Crippen MR) is 107 cm³/mol. The maximum Gasteiger partial charge on any atom is 0.278 e. The maximum absolute atomic E-state index is 12.6. The van der Waals surface area contributed by atoms with Crippen molar-refractivity contribution in [1.29, 1.82) is 0 Å². The highest BCUT2D eigenvalue weighted by molar-refractivity contribution is 7.22. The number of anilines is 1. The Labute approximate surface area is 163 Å². The first-order valence-electron chi connectivity index (χ1n) is 8.23. The lowest BCUT2D eigenvalue weighted by molar-refractivity contribution is 0.102. The number of hydrogen-bond donors (Lipinski definition) is 1. The molecule has 8 heteroatoms. The third kappa shape index (κ3) is 4.07. The van der Waals surface area contributed by atoms with Crippen molar-refractivity contribution in [1.82, 2.24) is 9.97 Å². The van der Waals surface area contributed by atoms with E-state index >= 15 is 0 Å². The molecule has 0 saturated heterocycles. The molecule has 0 aliphatic heterocycles. The Hall–Kier alpha value is -2.97. The normalized spacial score (nSPS) is 10.7. The molecular weight excluding hydrogens is 382 g/mol. The molecule has 0 unspecified atom stereocenters. The second-order valence-electron chi connectivity index (χ2n) is 5.46. The number of aromatic nitrogens is 2. The van der Waals surface area contributed by atoms with Gasteiger partial charge in [-0.15, -0.1) is 0 Å².